The lowest BCUT2D eigenvalue weighted by Crippen LogP contribution is -2.42. The predicted octanol–water partition coefficient (Wildman–Crippen LogP) is 2.23. The molecule has 2 aromatic carbocycles. The molecule has 1 atom stereocenters. The summed E-state index contributed by atoms with van der Waals surface area (Å²) in [5.74, 6) is 0. The highest BCUT2D eigenvalue weighted by molar-refractivity contribution is 5.89. The minimum atomic E-state index is -0.586. The monoisotopic (exact) mass is 325 g/mol. The number of anilines is 1. The molecule has 3 rings (SSSR count). The Morgan fingerprint density at radius 2 is 1.79 bits per heavy atom. The fourth-order valence-electron chi connectivity index (χ4n) is 2.98. The third-order valence-electron chi connectivity index (χ3n) is 4.21. The number of aliphatic hydroxyl groups is 1. The Hall–Kier alpha value is -2.37. The van der Waals surface area contributed by atoms with E-state index in [2.05, 4.69) is 33.7 Å². The molecule has 0 saturated carbocycles. The second-order valence-electron chi connectivity index (χ2n) is 6.11. The van der Waals surface area contributed by atoms with Gasteiger partial charge >= 0.3 is 6.03 Å². The molecule has 0 unspecified atom stereocenters. The summed E-state index contributed by atoms with van der Waals surface area (Å²) in [5.41, 5.74) is 3.45. The molecule has 0 bridgehead atoms. The summed E-state index contributed by atoms with van der Waals surface area (Å²) in [7, 11) is 0. The number of β-amino-alcohol motifs (C(OH)–C–C–N with tert-alkyl or cyclic N) is 1. The van der Waals surface area contributed by atoms with Crippen LogP contribution in [0.2, 0.25) is 0 Å². The van der Waals surface area contributed by atoms with Crippen LogP contribution in [-0.2, 0) is 13.0 Å². The number of urea groups is 1. The van der Waals surface area contributed by atoms with Crippen LogP contribution in [0.15, 0.2) is 54.6 Å². The molecule has 0 aromatic heterocycles. The Balaban J connectivity index is 1.41. The standard InChI is InChI=1S/C19H23N3O2/c23-18(12-20-19(24)21-17-8-2-1-3-9-17)14-22-11-10-15-6-4-5-7-16(15)13-22/h1-9,18,23H,10-14H2,(H2,20,21,24)/t18-/m1/s1. The van der Waals surface area contributed by atoms with Crippen molar-refractivity contribution in [1.82, 2.24) is 10.2 Å². The first-order valence-corrected chi connectivity index (χ1v) is 8.28. The first-order chi connectivity index (χ1) is 11.7. The van der Waals surface area contributed by atoms with Crippen molar-refractivity contribution in [2.24, 2.45) is 0 Å². The first kappa shape index (κ1) is 16.5. The van der Waals surface area contributed by atoms with Gasteiger partial charge in [-0.25, -0.2) is 4.79 Å². The number of hydrogen-bond acceptors (Lipinski definition) is 3. The molecule has 3 N–H and O–H groups in total. The number of carbonyl (C=O) groups excluding carboxylic acids is 1. The van der Waals surface area contributed by atoms with Crippen LogP contribution in [0.25, 0.3) is 0 Å². The van der Waals surface area contributed by atoms with Crippen molar-refractivity contribution >= 4 is 11.7 Å². The van der Waals surface area contributed by atoms with Crippen molar-refractivity contribution in [3.8, 4) is 0 Å². The zero-order valence-electron chi connectivity index (χ0n) is 13.6. The van der Waals surface area contributed by atoms with E-state index in [0.717, 1.165) is 25.2 Å². The lowest BCUT2D eigenvalue weighted by Gasteiger charge is -2.30. The van der Waals surface area contributed by atoms with Gasteiger partial charge in [0.25, 0.3) is 0 Å². The van der Waals surface area contributed by atoms with Crippen LogP contribution in [0.4, 0.5) is 10.5 Å². The Bertz CT molecular complexity index is 675. The molecule has 2 amide bonds. The molecule has 1 aliphatic heterocycles. The smallest absolute Gasteiger partial charge is 0.319 e. The molecule has 2 aromatic rings. The van der Waals surface area contributed by atoms with Crippen LogP contribution in [0.3, 0.4) is 0 Å². The molecule has 24 heavy (non-hydrogen) atoms. The number of carbonyl (C=O) groups is 1. The van der Waals surface area contributed by atoms with E-state index in [9.17, 15) is 9.90 Å². The van der Waals surface area contributed by atoms with Gasteiger partial charge in [-0.05, 0) is 29.7 Å². The van der Waals surface area contributed by atoms with Gasteiger partial charge in [0.15, 0.2) is 0 Å². The zero-order valence-corrected chi connectivity index (χ0v) is 13.6. The van der Waals surface area contributed by atoms with Crippen molar-refractivity contribution in [3.63, 3.8) is 0 Å². The summed E-state index contributed by atoms with van der Waals surface area (Å²) in [6, 6.07) is 17.4. The average Bonchev–Trinajstić information content (AvgIpc) is 2.61. The van der Waals surface area contributed by atoms with Crippen molar-refractivity contribution < 1.29 is 9.90 Å². The van der Waals surface area contributed by atoms with E-state index in [1.165, 1.54) is 11.1 Å². The van der Waals surface area contributed by atoms with Gasteiger partial charge in [0.2, 0.25) is 0 Å². The number of rotatable bonds is 5. The van der Waals surface area contributed by atoms with Crippen LogP contribution in [-0.4, -0.2) is 41.8 Å². The van der Waals surface area contributed by atoms with E-state index in [-0.39, 0.29) is 12.6 Å². The number of aliphatic hydroxyl groups excluding tert-OH is 1. The SMILES string of the molecule is O=C(NC[C@@H](O)CN1CCc2ccccc2C1)Nc1ccccc1. The molecule has 0 fully saturated rings. The van der Waals surface area contributed by atoms with E-state index in [0.29, 0.717) is 6.54 Å². The number of nitrogens with one attached hydrogen (secondary N) is 2. The Morgan fingerprint density at radius 3 is 2.58 bits per heavy atom. The van der Waals surface area contributed by atoms with E-state index >= 15 is 0 Å². The zero-order chi connectivity index (χ0) is 16.8. The van der Waals surface area contributed by atoms with E-state index in [4.69, 9.17) is 0 Å². The van der Waals surface area contributed by atoms with Gasteiger partial charge in [-0.3, -0.25) is 4.90 Å². The van der Waals surface area contributed by atoms with Crippen LogP contribution in [0.1, 0.15) is 11.1 Å². The minimum absolute atomic E-state index is 0.233. The third kappa shape index (κ3) is 4.57. The summed E-state index contributed by atoms with van der Waals surface area (Å²) in [4.78, 5) is 14.1. The van der Waals surface area contributed by atoms with Gasteiger partial charge < -0.3 is 15.7 Å². The number of fused-ring (bicyclic) bond motifs is 1. The summed E-state index contributed by atoms with van der Waals surface area (Å²) in [5, 5.41) is 15.6. The van der Waals surface area contributed by atoms with Crippen molar-refractivity contribution in [3.05, 3.63) is 65.7 Å². The number of hydrogen-bond donors (Lipinski definition) is 3. The summed E-state index contributed by atoms with van der Waals surface area (Å²) in [6.45, 7) is 2.57. The minimum Gasteiger partial charge on any atom is -0.390 e. The molecule has 1 heterocycles. The average molecular weight is 325 g/mol. The predicted molar refractivity (Wildman–Crippen MR) is 94.9 cm³/mol. The van der Waals surface area contributed by atoms with Crippen LogP contribution in [0, 0.1) is 0 Å². The molecule has 126 valence electrons. The van der Waals surface area contributed by atoms with Crippen molar-refractivity contribution in [2.75, 3.05) is 25.0 Å². The van der Waals surface area contributed by atoms with Gasteiger partial charge in [-0.15, -0.1) is 0 Å². The van der Waals surface area contributed by atoms with E-state index < -0.39 is 6.10 Å². The molecule has 1 aliphatic rings. The quantitative estimate of drug-likeness (QED) is 0.790. The largest absolute Gasteiger partial charge is 0.390 e. The topological polar surface area (TPSA) is 64.6 Å². The maximum atomic E-state index is 11.8. The molecule has 5 nitrogen and oxygen atoms in total. The molecule has 0 spiro atoms. The van der Waals surface area contributed by atoms with E-state index in [1.807, 2.05) is 36.4 Å². The van der Waals surface area contributed by atoms with Crippen molar-refractivity contribution in [1.29, 1.82) is 0 Å². The number of para-hydroxylation sites is 1. The molecular weight excluding hydrogens is 302 g/mol. The normalized spacial score (nSPS) is 15.4. The number of benzene rings is 2. The van der Waals surface area contributed by atoms with Gasteiger partial charge in [0, 0.05) is 31.9 Å². The molecule has 0 aliphatic carbocycles. The summed E-state index contributed by atoms with van der Waals surface area (Å²) in [6.07, 6.45) is 0.418. The van der Waals surface area contributed by atoms with Gasteiger partial charge in [0.1, 0.15) is 0 Å². The molecule has 0 radical (unpaired) electrons. The molecular formula is C19H23N3O2. The lowest BCUT2D eigenvalue weighted by molar-refractivity contribution is 0.106. The fourth-order valence-corrected chi connectivity index (χ4v) is 2.98. The lowest BCUT2D eigenvalue weighted by atomic mass is 10.00. The molecule has 0 saturated heterocycles. The van der Waals surface area contributed by atoms with Crippen LogP contribution >= 0.6 is 0 Å². The second kappa shape index (κ2) is 7.95. The second-order valence-corrected chi connectivity index (χ2v) is 6.11. The number of amides is 2. The number of nitrogens with zero attached hydrogens (tertiary/aromatic N) is 1. The fraction of sp³-hybridized carbons (Fsp3) is 0.316. The summed E-state index contributed by atoms with van der Waals surface area (Å²) < 4.78 is 0. The Labute approximate surface area is 142 Å². The van der Waals surface area contributed by atoms with Gasteiger partial charge in [-0.2, -0.15) is 0 Å². The molecule has 5 heteroatoms. The maximum absolute atomic E-state index is 11.8. The third-order valence-corrected chi connectivity index (χ3v) is 4.21. The van der Waals surface area contributed by atoms with E-state index in [1.54, 1.807) is 0 Å². The first-order valence-electron chi connectivity index (χ1n) is 8.28. The highest BCUT2D eigenvalue weighted by Gasteiger charge is 2.18. The van der Waals surface area contributed by atoms with Crippen LogP contribution in [0.5, 0.6) is 0 Å². The van der Waals surface area contributed by atoms with Gasteiger partial charge in [-0.1, -0.05) is 42.5 Å². The van der Waals surface area contributed by atoms with Crippen LogP contribution < -0.4 is 10.6 Å². The van der Waals surface area contributed by atoms with Gasteiger partial charge in [0.05, 0.1) is 6.10 Å². The Kier molecular flexibility index (Phi) is 5.46. The Morgan fingerprint density at radius 1 is 1.08 bits per heavy atom. The van der Waals surface area contributed by atoms with Crippen molar-refractivity contribution in [2.45, 2.75) is 19.1 Å². The highest BCUT2D eigenvalue weighted by Crippen LogP contribution is 2.18. The summed E-state index contributed by atoms with van der Waals surface area (Å²) >= 11 is 0. The maximum Gasteiger partial charge on any atom is 0.319 e. The highest BCUT2D eigenvalue weighted by atomic mass is 16.3.